The first-order valence-corrected chi connectivity index (χ1v) is 5.25. The van der Waals surface area contributed by atoms with Gasteiger partial charge in [0.05, 0.1) is 0 Å². The molecule has 17 heavy (non-hydrogen) atoms. The number of aryl methyl sites for hydroxylation is 1. The molecule has 0 bridgehead atoms. The Bertz CT molecular complexity index is 444. The van der Waals surface area contributed by atoms with Gasteiger partial charge in [0.1, 0.15) is 0 Å². The first-order chi connectivity index (χ1) is 8.15. The molecule has 3 heteroatoms. The molecule has 0 aliphatic heterocycles. The third-order valence-electron chi connectivity index (χ3n) is 2.08. The fourth-order valence-electron chi connectivity index (χ4n) is 1.22. The molecule has 1 rings (SSSR count). The fraction of sp³-hybridized carbons (Fsp3) is 0.0714. The maximum Gasteiger partial charge on any atom is 0.323 e. The van der Waals surface area contributed by atoms with Gasteiger partial charge in [-0.15, -0.1) is 0 Å². The molecule has 0 unspecified atom stereocenters. The van der Waals surface area contributed by atoms with Crippen molar-refractivity contribution < 1.29 is 4.79 Å². The van der Waals surface area contributed by atoms with E-state index >= 15 is 0 Å². The molecule has 1 aromatic carbocycles. The maximum atomic E-state index is 11.6. The van der Waals surface area contributed by atoms with Crippen molar-refractivity contribution in [3.05, 3.63) is 66.9 Å². The second-order valence-corrected chi connectivity index (χ2v) is 3.51. The number of rotatable bonds is 4. The van der Waals surface area contributed by atoms with Gasteiger partial charge in [0.2, 0.25) is 0 Å². The average molecular weight is 228 g/mol. The number of allylic oxidation sites excluding steroid dienone is 3. The van der Waals surface area contributed by atoms with E-state index in [9.17, 15) is 4.79 Å². The Morgan fingerprint density at radius 3 is 2.41 bits per heavy atom. The Hall–Kier alpha value is -2.29. The molecule has 1 aromatic rings. The normalized spacial score (nSPS) is 10.5. The number of carbonyl (C=O) groups excluding carboxylic acids is 1. The highest BCUT2D eigenvalue weighted by Crippen LogP contribution is 2.08. The molecule has 0 heterocycles. The number of amides is 2. The van der Waals surface area contributed by atoms with Gasteiger partial charge in [0.15, 0.2) is 0 Å². The standard InChI is InChI=1S/C14H16N2O/c1-4-6-12(5-2)15-14(17)16-13-9-7-11(3)8-10-13/h4-10H,1-2H2,3H3,(H2,15,16,17)/b12-6+. The summed E-state index contributed by atoms with van der Waals surface area (Å²) in [5, 5.41) is 5.37. The molecule has 0 aromatic heterocycles. The van der Waals surface area contributed by atoms with Crippen LogP contribution in [0.1, 0.15) is 5.56 Å². The molecule has 88 valence electrons. The fourth-order valence-corrected chi connectivity index (χ4v) is 1.22. The van der Waals surface area contributed by atoms with Crippen molar-refractivity contribution >= 4 is 11.7 Å². The van der Waals surface area contributed by atoms with Crippen molar-refractivity contribution in [1.29, 1.82) is 0 Å². The molecule has 0 radical (unpaired) electrons. The first kappa shape index (κ1) is 12.8. The third-order valence-corrected chi connectivity index (χ3v) is 2.08. The topological polar surface area (TPSA) is 41.1 Å². The minimum absolute atomic E-state index is 0.304. The van der Waals surface area contributed by atoms with Gasteiger partial charge in [0.25, 0.3) is 0 Å². The molecule has 2 N–H and O–H groups in total. The highest BCUT2D eigenvalue weighted by atomic mass is 16.2. The Morgan fingerprint density at radius 1 is 1.24 bits per heavy atom. The van der Waals surface area contributed by atoms with Crippen LogP contribution in [0.15, 0.2) is 61.3 Å². The van der Waals surface area contributed by atoms with Gasteiger partial charge in [-0.25, -0.2) is 4.79 Å². The molecule has 3 nitrogen and oxygen atoms in total. The summed E-state index contributed by atoms with van der Waals surface area (Å²) in [4.78, 5) is 11.6. The van der Waals surface area contributed by atoms with Gasteiger partial charge in [-0.3, -0.25) is 0 Å². The van der Waals surface area contributed by atoms with Crippen LogP contribution in [0.4, 0.5) is 10.5 Å². The number of hydrogen-bond donors (Lipinski definition) is 2. The Kier molecular flexibility index (Phi) is 4.76. The van der Waals surface area contributed by atoms with Crippen LogP contribution in [-0.4, -0.2) is 6.03 Å². The van der Waals surface area contributed by atoms with Crippen LogP contribution in [0.2, 0.25) is 0 Å². The highest BCUT2D eigenvalue weighted by molar-refractivity contribution is 5.90. The lowest BCUT2D eigenvalue weighted by Gasteiger charge is -2.07. The van der Waals surface area contributed by atoms with E-state index in [1.165, 1.54) is 0 Å². The minimum atomic E-state index is -0.304. The van der Waals surface area contributed by atoms with Gasteiger partial charge in [-0.2, -0.15) is 0 Å². The lowest BCUT2D eigenvalue weighted by atomic mass is 10.2. The summed E-state index contributed by atoms with van der Waals surface area (Å²) in [6.07, 6.45) is 4.81. The minimum Gasteiger partial charge on any atom is -0.308 e. The van der Waals surface area contributed by atoms with Crippen LogP contribution in [0.25, 0.3) is 0 Å². The Labute approximate surface area is 102 Å². The van der Waals surface area contributed by atoms with Gasteiger partial charge in [-0.1, -0.05) is 36.9 Å². The van der Waals surface area contributed by atoms with Gasteiger partial charge in [-0.05, 0) is 31.2 Å². The summed E-state index contributed by atoms with van der Waals surface area (Å²) in [6, 6.07) is 7.26. The van der Waals surface area contributed by atoms with Crippen molar-refractivity contribution in [2.24, 2.45) is 0 Å². The van der Waals surface area contributed by atoms with Crippen LogP contribution in [0, 0.1) is 6.92 Å². The summed E-state index contributed by atoms with van der Waals surface area (Å²) >= 11 is 0. The summed E-state index contributed by atoms with van der Waals surface area (Å²) in [5.41, 5.74) is 2.49. The van der Waals surface area contributed by atoms with Crippen molar-refractivity contribution in [2.75, 3.05) is 5.32 Å². The second-order valence-electron chi connectivity index (χ2n) is 3.51. The van der Waals surface area contributed by atoms with E-state index in [1.54, 1.807) is 18.2 Å². The van der Waals surface area contributed by atoms with E-state index in [2.05, 4.69) is 23.8 Å². The quantitative estimate of drug-likeness (QED) is 0.762. The van der Waals surface area contributed by atoms with Crippen LogP contribution >= 0.6 is 0 Å². The maximum absolute atomic E-state index is 11.6. The van der Waals surface area contributed by atoms with Crippen LogP contribution in [0.5, 0.6) is 0 Å². The SMILES string of the molecule is C=C/C=C(\C=C)NC(=O)Nc1ccc(C)cc1. The molecule has 2 amide bonds. The lowest BCUT2D eigenvalue weighted by molar-refractivity contribution is 0.254. The van der Waals surface area contributed by atoms with Gasteiger partial charge in [0, 0.05) is 11.4 Å². The Balaban J connectivity index is 2.60. The van der Waals surface area contributed by atoms with Crippen LogP contribution in [-0.2, 0) is 0 Å². The smallest absolute Gasteiger partial charge is 0.308 e. The molecule has 0 aliphatic carbocycles. The second kappa shape index (κ2) is 6.33. The zero-order chi connectivity index (χ0) is 12.7. The summed E-state index contributed by atoms with van der Waals surface area (Å²) < 4.78 is 0. The zero-order valence-corrected chi connectivity index (χ0v) is 9.86. The van der Waals surface area contributed by atoms with E-state index in [1.807, 2.05) is 31.2 Å². The third kappa shape index (κ3) is 4.38. The molecule has 0 saturated heterocycles. The molecular formula is C14H16N2O. The van der Waals surface area contributed by atoms with Crippen molar-refractivity contribution in [3.63, 3.8) is 0 Å². The van der Waals surface area contributed by atoms with E-state index in [-0.39, 0.29) is 6.03 Å². The van der Waals surface area contributed by atoms with E-state index < -0.39 is 0 Å². The highest BCUT2D eigenvalue weighted by Gasteiger charge is 2.01. The van der Waals surface area contributed by atoms with Gasteiger partial charge >= 0.3 is 6.03 Å². The largest absolute Gasteiger partial charge is 0.323 e. The Morgan fingerprint density at radius 2 is 1.88 bits per heavy atom. The number of anilines is 1. The number of urea groups is 1. The van der Waals surface area contributed by atoms with Crippen LogP contribution < -0.4 is 10.6 Å². The number of hydrogen-bond acceptors (Lipinski definition) is 1. The van der Waals surface area contributed by atoms with Crippen molar-refractivity contribution in [2.45, 2.75) is 6.92 Å². The average Bonchev–Trinajstić information content (AvgIpc) is 2.31. The lowest BCUT2D eigenvalue weighted by Crippen LogP contribution is -2.27. The monoisotopic (exact) mass is 228 g/mol. The molecule has 0 fully saturated rings. The van der Waals surface area contributed by atoms with E-state index in [0.717, 1.165) is 11.3 Å². The van der Waals surface area contributed by atoms with Crippen molar-refractivity contribution in [3.8, 4) is 0 Å². The predicted octanol–water partition coefficient (Wildman–Crippen LogP) is 3.37. The first-order valence-electron chi connectivity index (χ1n) is 5.25. The number of carbonyl (C=O) groups is 1. The summed E-state index contributed by atoms with van der Waals surface area (Å²) in [5.74, 6) is 0. The predicted molar refractivity (Wildman–Crippen MR) is 71.8 cm³/mol. The summed E-state index contributed by atoms with van der Waals surface area (Å²) in [6.45, 7) is 9.14. The molecular weight excluding hydrogens is 212 g/mol. The van der Waals surface area contributed by atoms with E-state index in [4.69, 9.17) is 0 Å². The zero-order valence-electron chi connectivity index (χ0n) is 9.86. The molecule has 0 spiro atoms. The van der Waals surface area contributed by atoms with Gasteiger partial charge < -0.3 is 10.6 Å². The number of benzene rings is 1. The molecule has 0 aliphatic rings. The van der Waals surface area contributed by atoms with Crippen molar-refractivity contribution in [1.82, 2.24) is 5.32 Å². The summed E-state index contributed by atoms with van der Waals surface area (Å²) in [7, 11) is 0. The number of nitrogens with one attached hydrogen (secondary N) is 2. The van der Waals surface area contributed by atoms with Crippen LogP contribution in [0.3, 0.4) is 0 Å². The van der Waals surface area contributed by atoms with E-state index in [0.29, 0.717) is 5.70 Å². The molecule has 0 atom stereocenters. The molecule has 0 saturated carbocycles.